The van der Waals surface area contributed by atoms with Crippen molar-refractivity contribution in [2.75, 3.05) is 14.2 Å². The minimum atomic E-state index is 0.266. The predicted octanol–water partition coefficient (Wildman–Crippen LogP) is 3.59. The summed E-state index contributed by atoms with van der Waals surface area (Å²) in [5.41, 5.74) is 1.38. The van der Waals surface area contributed by atoms with Gasteiger partial charge in [0, 0.05) is 17.9 Å². The Hall–Kier alpha value is -0.900. The van der Waals surface area contributed by atoms with Crippen LogP contribution in [0.15, 0.2) is 29.6 Å². The molecule has 0 radical (unpaired) electrons. The summed E-state index contributed by atoms with van der Waals surface area (Å²) in [5.74, 6) is 0. The summed E-state index contributed by atoms with van der Waals surface area (Å²) >= 11 is 1.81. The lowest BCUT2D eigenvalue weighted by Gasteiger charge is -2.20. The van der Waals surface area contributed by atoms with Gasteiger partial charge in [0.05, 0.1) is 6.10 Å². The van der Waals surface area contributed by atoms with Crippen molar-refractivity contribution in [3.05, 3.63) is 35.2 Å². The van der Waals surface area contributed by atoms with Gasteiger partial charge in [0.25, 0.3) is 0 Å². The van der Waals surface area contributed by atoms with E-state index in [1.54, 1.807) is 7.11 Å². The Bertz CT molecular complexity index is 480. The maximum Gasteiger partial charge on any atom is 0.0561 e. The van der Waals surface area contributed by atoms with Crippen LogP contribution in [0.3, 0.4) is 0 Å². The van der Waals surface area contributed by atoms with Crippen molar-refractivity contribution in [3.8, 4) is 0 Å². The van der Waals surface area contributed by atoms with E-state index in [0.29, 0.717) is 6.04 Å². The highest BCUT2D eigenvalue weighted by Crippen LogP contribution is 2.31. The third-order valence-electron chi connectivity index (χ3n) is 3.20. The smallest absolute Gasteiger partial charge is 0.0561 e. The molecular formula is C14H19NOS. The number of hydrogen-bond donors (Lipinski definition) is 1. The Morgan fingerprint density at radius 1 is 1.35 bits per heavy atom. The van der Waals surface area contributed by atoms with Gasteiger partial charge in [-0.2, -0.15) is 0 Å². The summed E-state index contributed by atoms with van der Waals surface area (Å²) in [6.45, 7) is 2.11. The number of ether oxygens (including phenoxy) is 1. The summed E-state index contributed by atoms with van der Waals surface area (Å²) in [5, 5.41) is 6.88. The highest BCUT2D eigenvalue weighted by molar-refractivity contribution is 7.17. The molecular weight excluding hydrogens is 230 g/mol. The van der Waals surface area contributed by atoms with Crippen LogP contribution < -0.4 is 5.32 Å². The molecule has 0 spiro atoms. The van der Waals surface area contributed by atoms with Crippen LogP contribution in [-0.2, 0) is 4.74 Å². The quantitative estimate of drug-likeness (QED) is 0.874. The van der Waals surface area contributed by atoms with Gasteiger partial charge in [0.15, 0.2) is 0 Å². The fourth-order valence-electron chi connectivity index (χ4n) is 2.12. The molecule has 1 aromatic carbocycles. The molecule has 0 amide bonds. The van der Waals surface area contributed by atoms with E-state index in [2.05, 4.69) is 41.9 Å². The maximum atomic E-state index is 5.36. The monoisotopic (exact) mass is 249 g/mol. The van der Waals surface area contributed by atoms with Gasteiger partial charge < -0.3 is 10.1 Å². The molecule has 2 unspecified atom stereocenters. The molecule has 0 saturated carbocycles. The second-order valence-corrected chi connectivity index (χ2v) is 5.23. The third-order valence-corrected chi connectivity index (χ3v) is 4.18. The van der Waals surface area contributed by atoms with Crippen LogP contribution in [-0.4, -0.2) is 20.3 Å². The summed E-state index contributed by atoms with van der Waals surface area (Å²) in [4.78, 5) is 0. The molecule has 1 N–H and O–H groups in total. The molecule has 2 nitrogen and oxygen atoms in total. The molecule has 0 aliphatic rings. The van der Waals surface area contributed by atoms with Crippen molar-refractivity contribution in [3.63, 3.8) is 0 Å². The van der Waals surface area contributed by atoms with E-state index < -0.39 is 0 Å². The first-order chi connectivity index (χ1) is 8.26. The van der Waals surface area contributed by atoms with Crippen molar-refractivity contribution in [1.29, 1.82) is 0 Å². The molecule has 17 heavy (non-hydrogen) atoms. The van der Waals surface area contributed by atoms with E-state index in [-0.39, 0.29) is 6.10 Å². The van der Waals surface area contributed by atoms with Crippen LogP contribution in [0.2, 0.25) is 0 Å². The van der Waals surface area contributed by atoms with Crippen molar-refractivity contribution in [1.82, 2.24) is 5.32 Å². The molecule has 92 valence electrons. The summed E-state index contributed by atoms with van der Waals surface area (Å²) in [6, 6.07) is 9.04. The van der Waals surface area contributed by atoms with E-state index in [1.165, 1.54) is 15.6 Å². The molecule has 2 rings (SSSR count). The fraction of sp³-hybridized carbons (Fsp3) is 0.429. The Morgan fingerprint density at radius 2 is 2.18 bits per heavy atom. The molecule has 0 bridgehead atoms. The average Bonchev–Trinajstić information content (AvgIpc) is 2.83. The normalized spacial score (nSPS) is 15.0. The van der Waals surface area contributed by atoms with E-state index in [4.69, 9.17) is 4.74 Å². The number of benzene rings is 1. The van der Waals surface area contributed by atoms with Crippen molar-refractivity contribution in [2.45, 2.75) is 25.5 Å². The maximum absolute atomic E-state index is 5.36. The van der Waals surface area contributed by atoms with Crippen LogP contribution in [0, 0.1) is 0 Å². The number of thiophene rings is 1. The van der Waals surface area contributed by atoms with Crippen LogP contribution in [0.1, 0.15) is 24.9 Å². The Kier molecular flexibility index (Phi) is 4.15. The van der Waals surface area contributed by atoms with Gasteiger partial charge in [0.2, 0.25) is 0 Å². The lowest BCUT2D eigenvalue weighted by atomic mass is 10.00. The highest BCUT2D eigenvalue weighted by atomic mass is 32.1. The van der Waals surface area contributed by atoms with Gasteiger partial charge in [-0.15, -0.1) is 11.3 Å². The van der Waals surface area contributed by atoms with Gasteiger partial charge in [-0.1, -0.05) is 18.2 Å². The van der Waals surface area contributed by atoms with Gasteiger partial charge in [-0.25, -0.2) is 0 Å². The number of methoxy groups -OCH3 is 1. The number of rotatable bonds is 5. The number of hydrogen-bond acceptors (Lipinski definition) is 3. The first-order valence-corrected chi connectivity index (χ1v) is 6.80. The second kappa shape index (κ2) is 5.63. The molecule has 2 aromatic rings. The summed E-state index contributed by atoms with van der Waals surface area (Å²) in [7, 11) is 3.78. The zero-order valence-corrected chi connectivity index (χ0v) is 11.4. The van der Waals surface area contributed by atoms with Gasteiger partial charge in [-0.05, 0) is 42.8 Å². The second-order valence-electron chi connectivity index (χ2n) is 4.31. The predicted molar refractivity (Wildman–Crippen MR) is 74.7 cm³/mol. The standard InChI is InChI=1S/C14H19NOS/c1-10(16-3)9-13(15-2)12-6-4-5-11-7-8-17-14(11)12/h4-8,10,13,15H,9H2,1-3H3. The number of nitrogens with one attached hydrogen (secondary N) is 1. The SMILES string of the molecule is CNC(CC(C)OC)c1cccc2ccsc12. The minimum absolute atomic E-state index is 0.266. The first kappa shape index (κ1) is 12.6. The molecule has 2 atom stereocenters. The lowest BCUT2D eigenvalue weighted by Crippen LogP contribution is -2.22. The molecule has 3 heteroatoms. The van der Waals surface area contributed by atoms with Crippen molar-refractivity contribution < 1.29 is 4.74 Å². The first-order valence-electron chi connectivity index (χ1n) is 5.92. The largest absolute Gasteiger partial charge is 0.382 e. The Labute approximate surface area is 107 Å². The zero-order valence-electron chi connectivity index (χ0n) is 10.6. The molecule has 0 fully saturated rings. The van der Waals surface area contributed by atoms with Crippen LogP contribution in [0.5, 0.6) is 0 Å². The van der Waals surface area contributed by atoms with E-state index in [9.17, 15) is 0 Å². The lowest BCUT2D eigenvalue weighted by molar-refractivity contribution is 0.101. The van der Waals surface area contributed by atoms with Crippen LogP contribution >= 0.6 is 11.3 Å². The van der Waals surface area contributed by atoms with Crippen LogP contribution in [0.4, 0.5) is 0 Å². The minimum Gasteiger partial charge on any atom is -0.382 e. The zero-order chi connectivity index (χ0) is 12.3. The van der Waals surface area contributed by atoms with Gasteiger partial charge >= 0.3 is 0 Å². The average molecular weight is 249 g/mol. The van der Waals surface area contributed by atoms with Crippen molar-refractivity contribution >= 4 is 21.4 Å². The van der Waals surface area contributed by atoms with Gasteiger partial charge in [-0.3, -0.25) is 0 Å². The Balaban J connectivity index is 2.32. The molecule has 0 aliphatic heterocycles. The van der Waals surface area contributed by atoms with E-state index in [1.807, 2.05) is 18.4 Å². The summed E-state index contributed by atoms with van der Waals surface area (Å²) < 4.78 is 6.75. The Morgan fingerprint density at radius 3 is 2.88 bits per heavy atom. The van der Waals surface area contributed by atoms with E-state index in [0.717, 1.165) is 6.42 Å². The molecule has 1 heterocycles. The number of fused-ring (bicyclic) bond motifs is 1. The topological polar surface area (TPSA) is 21.3 Å². The molecule has 0 aliphatic carbocycles. The fourth-order valence-corrected chi connectivity index (χ4v) is 3.09. The van der Waals surface area contributed by atoms with Gasteiger partial charge in [0.1, 0.15) is 0 Å². The molecule has 1 aromatic heterocycles. The van der Waals surface area contributed by atoms with Crippen LogP contribution in [0.25, 0.3) is 10.1 Å². The highest BCUT2D eigenvalue weighted by Gasteiger charge is 2.16. The van der Waals surface area contributed by atoms with E-state index >= 15 is 0 Å². The summed E-state index contributed by atoms with van der Waals surface area (Å²) in [6.07, 6.45) is 1.26. The third kappa shape index (κ3) is 2.68. The van der Waals surface area contributed by atoms with Crippen molar-refractivity contribution in [2.24, 2.45) is 0 Å². The molecule has 0 saturated heterocycles.